The standard InChI is InChI=1S/C24H30O2Si/c1-6-18(2)26-27(4,5)24(20-13-8-7-9-14-20)23-21-15-11-10-12-19(21)16-17-22(23)25-3/h7-18,24H,6H2,1-5H3/q-1. The third-order valence-corrected chi connectivity index (χ3v) is 8.37. The highest BCUT2D eigenvalue weighted by Crippen LogP contribution is 2.43. The number of methoxy groups -OCH3 is 1. The second kappa shape index (κ2) is 8.28. The molecule has 3 rings (SSSR count). The Labute approximate surface area is 164 Å². The second-order valence-electron chi connectivity index (χ2n) is 7.69. The predicted molar refractivity (Wildman–Crippen MR) is 117 cm³/mol. The lowest BCUT2D eigenvalue weighted by molar-refractivity contribution is 0.203. The molecule has 0 aliphatic rings. The fraction of sp³-hybridized carbons (Fsp3) is 0.333. The molecular formula is C24H30O2Si-. The van der Waals surface area contributed by atoms with Gasteiger partial charge in [-0.15, -0.1) is 13.1 Å². The molecule has 2 unspecified atom stereocenters. The highest BCUT2D eigenvalue weighted by atomic mass is 28.4. The van der Waals surface area contributed by atoms with Crippen molar-refractivity contribution in [3.8, 4) is 5.75 Å². The van der Waals surface area contributed by atoms with Gasteiger partial charge in [0.2, 0.25) is 0 Å². The van der Waals surface area contributed by atoms with Crippen molar-refractivity contribution in [2.75, 3.05) is 7.11 Å². The maximum atomic E-state index is 6.69. The minimum atomic E-state index is -2.14. The van der Waals surface area contributed by atoms with Crippen LogP contribution in [0.5, 0.6) is 5.75 Å². The van der Waals surface area contributed by atoms with E-state index in [1.54, 1.807) is 7.11 Å². The summed E-state index contributed by atoms with van der Waals surface area (Å²) in [4.78, 5) is 0. The molecule has 0 saturated heterocycles. The van der Waals surface area contributed by atoms with Crippen LogP contribution in [0.15, 0.2) is 66.7 Å². The highest BCUT2D eigenvalue weighted by molar-refractivity contribution is 6.73. The summed E-state index contributed by atoms with van der Waals surface area (Å²) in [5.41, 5.74) is 2.74. The Morgan fingerprint density at radius 3 is 2.22 bits per heavy atom. The largest absolute Gasteiger partial charge is 0.562 e. The fourth-order valence-corrected chi connectivity index (χ4v) is 7.31. The van der Waals surface area contributed by atoms with Gasteiger partial charge in [-0.25, -0.2) is 0 Å². The van der Waals surface area contributed by atoms with Gasteiger partial charge in [0, 0.05) is 6.10 Å². The molecule has 0 aromatic heterocycles. The van der Waals surface area contributed by atoms with Crippen LogP contribution in [-0.4, -0.2) is 21.5 Å². The van der Waals surface area contributed by atoms with E-state index in [0.717, 1.165) is 12.2 Å². The third kappa shape index (κ3) is 4.09. The van der Waals surface area contributed by atoms with Gasteiger partial charge in [-0.05, 0) is 44.1 Å². The molecule has 0 fully saturated rings. The minimum Gasteiger partial charge on any atom is -0.562 e. The third-order valence-electron chi connectivity index (χ3n) is 5.35. The van der Waals surface area contributed by atoms with Crippen molar-refractivity contribution in [3.63, 3.8) is 0 Å². The Bertz CT molecular complexity index is 889. The van der Waals surface area contributed by atoms with E-state index in [0.29, 0.717) is 0 Å². The smallest absolute Gasteiger partial charge is 0.120 e. The SMILES string of the molecule is CCC(C)O[Si-](C)(C)C(c1ccccc1)c1c(OC)ccc2ccccc12. The molecule has 0 spiro atoms. The lowest BCUT2D eigenvalue weighted by Gasteiger charge is -2.47. The van der Waals surface area contributed by atoms with Crippen molar-refractivity contribution in [2.24, 2.45) is 0 Å². The van der Waals surface area contributed by atoms with Crippen LogP contribution in [0, 0.1) is 0 Å². The van der Waals surface area contributed by atoms with Crippen molar-refractivity contribution in [1.82, 2.24) is 0 Å². The summed E-state index contributed by atoms with van der Waals surface area (Å²) >= 11 is 0. The summed E-state index contributed by atoms with van der Waals surface area (Å²) < 4.78 is 12.5. The summed E-state index contributed by atoms with van der Waals surface area (Å²) in [6.07, 6.45) is 1.27. The van der Waals surface area contributed by atoms with Gasteiger partial charge in [0.25, 0.3) is 0 Å². The maximum absolute atomic E-state index is 6.69. The Hall–Kier alpha value is -2.10. The van der Waals surface area contributed by atoms with Crippen molar-refractivity contribution in [2.45, 2.75) is 45.0 Å². The van der Waals surface area contributed by atoms with E-state index in [9.17, 15) is 0 Å². The Morgan fingerprint density at radius 2 is 1.56 bits per heavy atom. The molecule has 0 bridgehead atoms. The van der Waals surface area contributed by atoms with Gasteiger partial charge in [0.05, 0.1) is 7.11 Å². The number of rotatable bonds is 7. The maximum Gasteiger partial charge on any atom is 0.120 e. The summed E-state index contributed by atoms with van der Waals surface area (Å²) in [7, 11) is -0.380. The number of benzene rings is 3. The first-order valence-electron chi connectivity index (χ1n) is 9.76. The van der Waals surface area contributed by atoms with E-state index in [1.807, 2.05) is 0 Å². The molecule has 0 heterocycles. The molecule has 0 amide bonds. The van der Waals surface area contributed by atoms with E-state index >= 15 is 0 Å². The predicted octanol–water partition coefficient (Wildman–Crippen LogP) is 6.54. The number of fused-ring (bicyclic) bond motifs is 1. The van der Waals surface area contributed by atoms with Crippen LogP contribution in [-0.2, 0) is 4.43 Å². The summed E-state index contributed by atoms with van der Waals surface area (Å²) in [6.45, 7) is 9.03. The first-order chi connectivity index (χ1) is 13.0. The van der Waals surface area contributed by atoms with Crippen LogP contribution in [0.2, 0.25) is 13.1 Å². The average Bonchev–Trinajstić information content (AvgIpc) is 2.68. The van der Waals surface area contributed by atoms with Crippen molar-refractivity contribution >= 4 is 19.1 Å². The van der Waals surface area contributed by atoms with E-state index in [2.05, 4.69) is 93.7 Å². The molecule has 3 aromatic carbocycles. The van der Waals surface area contributed by atoms with E-state index in [4.69, 9.17) is 9.16 Å². The first-order valence-corrected chi connectivity index (χ1v) is 12.7. The zero-order chi connectivity index (χ0) is 19.4. The minimum absolute atomic E-state index is 0.189. The number of ether oxygens (including phenoxy) is 1. The van der Waals surface area contributed by atoms with Gasteiger partial charge in [0.15, 0.2) is 0 Å². The van der Waals surface area contributed by atoms with Gasteiger partial charge >= 0.3 is 0 Å². The van der Waals surface area contributed by atoms with E-state index in [1.165, 1.54) is 21.9 Å². The molecule has 3 heteroatoms. The van der Waals surface area contributed by atoms with Crippen LogP contribution in [0.1, 0.15) is 36.9 Å². The van der Waals surface area contributed by atoms with Crippen LogP contribution < -0.4 is 4.74 Å². The van der Waals surface area contributed by atoms with Crippen LogP contribution in [0.25, 0.3) is 10.8 Å². The summed E-state index contributed by atoms with van der Waals surface area (Å²) in [5.74, 6) is 0.941. The molecule has 2 nitrogen and oxygen atoms in total. The zero-order valence-electron chi connectivity index (χ0n) is 17.0. The highest BCUT2D eigenvalue weighted by Gasteiger charge is 2.30. The normalized spacial score (nSPS) is 14.1. The number of hydrogen-bond acceptors (Lipinski definition) is 2. The van der Waals surface area contributed by atoms with Crippen LogP contribution in [0.4, 0.5) is 0 Å². The van der Waals surface area contributed by atoms with E-state index < -0.39 is 8.32 Å². The van der Waals surface area contributed by atoms with E-state index in [-0.39, 0.29) is 11.6 Å². The van der Waals surface area contributed by atoms with Gasteiger partial charge in [0.1, 0.15) is 5.75 Å². The molecule has 0 N–H and O–H groups in total. The topological polar surface area (TPSA) is 18.5 Å². The average molecular weight is 379 g/mol. The number of hydrogen-bond donors (Lipinski definition) is 0. The monoisotopic (exact) mass is 378 g/mol. The molecule has 0 saturated carbocycles. The van der Waals surface area contributed by atoms with Crippen molar-refractivity contribution in [1.29, 1.82) is 0 Å². The lowest BCUT2D eigenvalue weighted by atomic mass is 9.96. The Morgan fingerprint density at radius 1 is 0.889 bits per heavy atom. The van der Waals surface area contributed by atoms with Gasteiger partial charge in [-0.2, -0.15) is 0 Å². The molecule has 143 valence electrons. The molecule has 27 heavy (non-hydrogen) atoms. The van der Waals surface area contributed by atoms with Gasteiger partial charge < -0.3 is 9.16 Å². The van der Waals surface area contributed by atoms with Crippen LogP contribution in [0.3, 0.4) is 0 Å². The first kappa shape index (κ1) is 19.7. The quantitative estimate of drug-likeness (QED) is 0.435. The summed E-state index contributed by atoms with van der Waals surface area (Å²) in [6, 6.07) is 23.6. The molecule has 0 aliphatic heterocycles. The molecular weight excluding hydrogens is 348 g/mol. The molecule has 3 aromatic rings. The van der Waals surface area contributed by atoms with Crippen molar-refractivity contribution in [3.05, 3.63) is 77.9 Å². The van der Waals surface area contributed by atoms with Gasteiger partial charge in [-0.1, -0.05) is 78.7 Å². The van der Waals surface area contributed by atoms with Crippen molar-refractivity contribution < 1.29 is 9.16 Å². The fourth-order valence-electron chi connectivity index (χ4n) is 3.98. The summed E-state index contributed by atoms with van der Waals surface area (Å²) in [5, 5.41) is 2.49. The second-order valence-corrected chi connectivity index (χ2v) is 11.7. The molecule has 0 radical (unpaired) electrons. The zero-order valence-corrected chi connectivity index (χ0v) is 18.0. The Balaban J connectivity index is 2.27. The Kier molecular flexibility index (Phi) is 6.03. The molecule has 2 atom stereocenters. The lowest BCUT2D eigenvalue weighted by Crippen LogP contribution is -2.42. The van der Waals surface area contributed by atoms with Gasteiger partial charge in [-0.3, -0.25) is 0 Å². The van der Waals surface area contributed by atoms with Crippen LogP contribution >= 0.6 is 0 Å². The molecule has 0 aliphatic carbocycles.